The highest BCUT2D eigenvalue weighted by Gasteiger charge is 2.40. The average Bonchev–Trinajstić information content (AvgIpc) is 2.88. The van der Waals surface area contributed by atoms with Crippen LogP contribution in [0.2, 0.25) is 0 Å². The molecule has 0 N–H and O–H groups in total. The van der Waals surface area contributed by atoms with Gasteiger partial charge in [0.2, 0.25) is 5.76 Å². The van der Waals surface area contributed by atoms with Gasteiger partial charge < -0.3 is 14.1 Å². The lowest BCUT2D eigenvalue weighted by Crippen LogP contribution is -2.25. The number of carbonyl (C=O) groups is 1. The number of rotatable bonds is 2. The summed E-state index contributed by atoms with van der Waals surface area (Å²) in [5.41, 5.74) is 0.783. The molecule has 0 saturated heterocycles. The number of amides is 1. The van der Waals surface area contributed by atoms with E-state index in [9.17, 15) is 14.0 Å². The standard InChI is InChI=1S/C19H14FNO4/c1-21-16(10-3-6-12(24-2)7-4-10)15-17(22)13-9-11(20)5-8-14(13)25-18(15)19(21)23/h3-9,16H,1-2H3/t16-/m0/s1. The predicted octanol–water partition coefficient (Wildman–Crippen LogP) is 3.12. The van der Waals surface area contributed by atoms with E-state index in [0.29, 0.717) is 5.75 Å². The number of hydrogen-bond acceptors (Lipinski definition) is 4. The van der Waals surface area contributed by atoms with Crippen LogP contribution in [0.5, 0.6) is 5.75 Å². The number of fused-ring (bicyclic) bond motifs is 2. The number of hydrogen-bond donors (Lipinski definition) is 0. The molecule has 0 unspecified atom stereocenters. The third-order valence-corrected chi connectivity index (χ3v) is 4.49. The van der Waals surface area contributed by atoms with Crippen molar-refractivity contribution in [2.75, 3.05) is 14.2 Å². The van der Waals surface area contributed by atoms with Crippen LogP contribution in [0.3, 0.4) is 0 Å². The first-order chi connectivity index (χ1) is 12.0. The molecule has 0 bridgehead atoms. The van der Waals surface area contributed by atoms with Gasteiger partial charge in [0.15, 0.2) is 5.43 Å². The van der Waals surface area contributed by atoms with Gasteiger partial charge in [0, 0.05) is 7.05 Å². The summed E-state index contributed by atoms with van der Waals surface area (Å²) in [7, 11) is 3.17. The van der Waals surface area contributed by atoms with Crippen molar-refractivity contribution < 1.29 is 18.3 Å². The average molecular weight is 339 g/mol. The Morgan fingerprint density at radius 1 is 1.12 bits per heavy atom. The minimum atomic E-state index is -0.586. The number of ether oxygens (including phenoxy) is 1. The molecule has 0 aliphatic carbocycles. The summed E-state index contributed by atoms with van der Waals surface area (Å²) in [5.74, 6) is -0.228. The third kappa shape index (κ3) is 2.21. The van der Waals surface area contributed by atoms with Crippen molar-refractivity contribution in [2.45, 2.75) is 6.04 Å². The quantitative estimate of drug-likeness (QED) is 0.720. The number of nitrogens with zero attached hydrogens (tertiary/aromatic N) is 1. The Kier molecular flexibility index (Phi) is 3.35. The fourth-order valence-electron chi connectivity index (χ4n) is 3.24. The second-order valence-corrected chi connectivity index (χ2v) is 5.91. The minimum absolute atomic E-state index is 0.00688. The number of halogens is 1. The molecule has 1 aliphatic heterocycles. The van der Waals surface area contributed by atoms with Gasteiger partial charge in [0.1, 0.15) is 17.1 Å². The van der Waals surface area contributed by atoms with Crippen LogP contribution >= 0.6 is 0 Å². The van der Waals surface area contributed by atoms with E-state index in [1.807, 2.05) is 0 Å². The van der Waals surface area contributed by atoms with E-state index >= 15 is 0 Å². The van der Waals surface area contributed by atoms with Gasteiger partial charge in [0.25, 0.3) is 5.91 Å². The molecule has 0 radical (unpaired) electrons. The van der Waals surface area contributed by atoms with Gasteiger partial charge in [-0.3, -0.25) is 9.59 Å². The first-order valence-corrected chi connectivity index (χ1v) is 7.68. The monoisotopic (exact) mass is 339 g/mol. The molecule has 3 aromatic rings. The van der Waals surface area contributed by atoms with E-state index < -0.39 is 17.3 Å². The Hall–Kier alpha value is -3.15. The summed E-state index contributed by atoms with van der Waals surface area (Å²) in [6, 6.07) is 10.2. The normalized spacial score (nSPS) is 16.4. The molecule has 25 heavy (non-hydrogen) atoms. The van der Waals surface area contributed by atoms with E-state index in [1.54, 1.807) is 38.4 Å². The zero-order valence-corrected chi connectivity index (χ0v) is 13.6. The maximum absolute atomic E-state index is 13.6. The molecule has 0 fully saturated rings. The van der Waals surface area contributed by atoms with Crippen molar-refractivity contribution in [2.24, 2.45) is 0 Å². The van der Waals surface area contributed by atoms with Gasteiger partial charge in [-0.1, -0.05) is 12.1 Å². The van der Waals surface area contributed by atoms with Crippen LogP contribution in [0.1, 0.15) is 27.7 Å². The largest absolute Gasteiger partial charge is 0.497 e. The van der Waals surface area contributed by atoms with Crippen LogP contribution in [-0.2, 0) is 0 Å². The highest BCUT2D eigenvalue weighted by molar-refractivity contribution is 5.98. The van der Waals surface area contributed by atoms with E-state index in [4.69, 9.17) is 9.15 Å². The first-order valence-electron chi connectivity index (χ1n) is 7.68. The fourth-order valence-corrected chi connectivity index (χ4v) is 3.24. The Labute approximate surface area is 142 Å². The Morgan fingerprint density at radius 2 is 1.84 bits per heavy atom. The highest BCUT2D eigenvalue weighted by Crippen LogP contribution is 2.37. The maximum Gasteiger partial charge on any atom is 0.290 e. The van der Waals surface area contributed by atoms with Crippen molar-refractivity contribution in [3.8, 4) is 5.75 Å². The number of benzene rings is 2. The second kappa shape index (κ2) is 5.44. The molecule has 4 rings (SSSR count). The van der Waals surface area contributed by atoms with Crippen LogP contribution in [-0.4, -0.2) is 25.0 Å². The Bertz CT molecular complexity index is 1060. The van der Waals surface area contributed by atoms with Crippen LogP contribution in [0.15, 0.2) is 51.7 Å². The third-order valence-electron chi connectivity index (χ3n) is 4.49. The lowest BCUT2D eigenvalue weighted by atomic mass is 9.98. The molecular formula is C19H14FNO4. The lowest BCUT2D eigenvalue weighted by molar-refractivity contribution is 0.0771. The zero-order chi connectivity index (χ0) is 17.7. The summed E-state index contributed by atoms with van der Waals surface area (Å²) in [4.78, 5) is 27.0. The van der Waals surface area contributed by atoms with Gasteiger partial charge in [0.05, 0.1) is 24.1 Å². The molecule has 1 aromatic heterocycles. The van der Waals surface area contributed by atoms with E-state index in [2.05, 4.69) is 0 Å². The molecule has 6 heteroatoms. The lowest BCUT2D eigenvalue weighted by Gasteiger charge is -2.20. The Balaban J connectivity index is 1.98. The maximum atomic E-state index is 13.6. The van der Waals surface area contributed by atoms with Crippen molar-refractivity contribution in [1.82, 2.24) is 4.90 Å². The molecule has 0 spiro atoms. The molecule has 2 aromatic carbocycles. The summed E-state index contributed by atoms with van der Waals surface area (Å²) in [6.45, 7) is 0. The van der Waals surface area contributed by atoms with Gasteiger partial charge >= 0.3 is 0 Å². The van der Waals surface area contributed by atoms with Crippen LogP contribution < -0.4 is 10.2 Å². The Morgan fingerprint density at radius 3 is 2.52 bits per heavy atom. The summed E-state index contributed by atoms with van der Waals surface area (Å²) in [5, 5.41) is 0.125. The van der Waals surface area contributed by atoms with Gasteiger partial charge in [-0.25, -0.2) is 4.39 Å². The molecule has 1 aliphatic rings. The van der Waals surface area contributed by atoms with Gasteiger partial charge in [-0.05, 0) is 35.9 Å². The topological polar surface area (TPSA) is 59.8 Å². The second-order valence-electron chi connectivity index (χ2n) is 5.91. The van der Waals surface area contributed by atoms with Crippen molar-refractivity contribution in [3.63, 3.8) is 0 Å². The summed E-state index contributed by atoms with van der Waals surface area (Å²) >= 11 is 0. The first kappa shape index (κ1) is 15.4. The van der Waals surface area contributed by atoms with E-state index in [1.165, 1.54) is 17.0 Å². The number of methoxy groups -OCH3 is 1. The highest BCUT2D eigenvalue weighted by atomic mass is 19.1. The molecule has 0 saturated carbocycles. The van der Waals surface area contributed by atoms with Gasteiger partial charge in [-0.2, -0.15) is 0 Å². The molecular weight excluding hydrogens is 325 g/mol. The number of carbonyl (C=O) groups excluding carboxylic acids is 1. The van der Waals surface area contributed by atoms with Crippen molar-refractivity contribution in [1.29, 1.82) is 0 Å². The fraction of sp³-hybridized carbons (Fsp3) is 0.158. The van der Waals surface area contributed by atoms with Crippen LogP contribution in [0.4, 0.5) is 4.39 Å². The molecule has 126 valence electrons. The SMILES string of the molecule is COc1ccc([C@H]2c3c(oc4ccc(F)cc4c3=O)C(=O)N2C)cc1. The predicted molar refractivity (Wildman–Crippen MR) is 89.4 cm³/mol. The minimum Gasteiger partial charge on any atom is -0.497 e. The van der Waals surface area contributed by atoms with Crippen molar-refractivity contribution >= 4 is 16.9 Å². The molecule has 1 amide bonds. The molecule has 5 nitrogen and oxygen atoms in total. The smallest absolute Gasteiger partial charge is 0.290 e. The zero-order valence-electron chi connectivity index (χ0n) is 13.6. The molecule has 2 heterocycles. The summed E-state index contributed by atoms with van der Waals surface area (Å²) in [6.07, 6.45) is 0. The van der Waals surface area contributed by atoms with E-state index in [-0.39, 0.29) is 28.2 Å². The van der Waals surface area contributed by atoms with Gasteiger partial charge in [-0.15, -0.1) is 0 Å². The van der Waals surface area contributed by atoms with Crippen LogP contribution in [0, 0.1) is 5.82 Å². The van der Waals surface area contributed by atoms with E-state index in [0.717, 1.165) is 11.6 Å². The molecule has 1 atom stereocenters. The van der Waals surface area contributed by atoms with Crippen LogP contribution in [0.25, 0.3) is 11.0 Å². The van der Waals surface area contributed by atoms with Crippen molar-refractivity contribution in [3.05, 3.63) is 75.4 Å². The summed E-state index contributed by atoms with van der Waals surface area (Å²) < 4.78 is 24.3.